The summed E-state index contributed by atoms with van der Waals surface area (Å²) in [7, 11) is 1.99. The second-order valence-electron chi connectivity index (χ2n) is 5.94. The van der Waals surface area contributed by atoms with Crippen LogP contribution in [0, 0.1) is 17.2 Å². The molecule has 18 heavy (non-hydrogen) atoms. The number of nitriles is 1. The Kier molecular flexibility index (Phi) is 4.93. The summed E-state index contributed by atoms with van der Waals surface area (Å²) in [6.45, 7) is 9.16. The Hall–Kier alpha value is -1.33. The van der Waals surface area contributed by atoms with Gasteiger partial charge < -0.3 is 0 Å². The van der Waals surface area contributed by atoms with Gasteiger partial charge in [-0.25, -0.2) is 0 Å². The number of rotatable bonds is 5. The molecule has 0 heterocycles. The number of hydrogen-bond acceptors (Lipinski definition) is 2. The van der Waals surface area contributed by atoms with Crippen LogP contribution in [0.25, 0.3) is 0 Å². The van der Waals surface area contributed by atoms with E-state index in [2.05, 4.69) is 49.1 Å². The summed E-state index contributed by atoms with van der Waals surface area (Å²) in [6, 6.07) is 11.1. The van der Waals surface area contributed by atoms with Gasteiger partial charge in [-0.15, -0.1) is 0 Å². The summed E-state index contributed by atoms with van der Waals surface area (Å²) in [6.07, 6.45) is 1.12. The fourth-order valence-corrected chi connectivity index (χ4v) is 1.81. The Morgan fingerprint density at radius 3 is 2.11 bits per heavy atom. The molecule has 2 heteroatoms. The van der Waals surface area contributed by atoms with E-state index in [9.17, 15) is 0 Å². The van der Waals surface area contributed by atoms with Crippen molar-refractivity contribution in [2.75, 3.05) is 7.05 Å². The lowest BCUT2D eigenvalue weighted by molar-refractivity contribution is 0.203. The lowest BCUT2D eigenvalue weighted by Crippen LogP contribution is -2.38. The van der Waals surface area contributed by atoms with Crippen molar-refractivity contribution in [3.8, 4) is 6.07 Å². The molecule has 0 aliphatic carbocycles. The maximum absolute atomic E-state index is 9.09. The number of hydrogen-bond donors (Lipinski definition) is 0. The molecule has 1 aromatic carbocycles. The van der Waals surface area contributed by atoms with Crippen molar-refractivity contribution >= 4 is 0 Å². The zero-order valence-corrected chi connectivity index (χ0v) is 12.2. The van der Waals surface area contributed by atoms with Gasteiger partial charge in [-0.05, 0) is 44.4 Å². The number of nitrogens with zero attached hydrogens (tertiary/aromatic N) is 2. The third-order valence-electron chi connectivity index (χ3n) is 3.31. The van der Waals surface area contributed by atoms with Crippen LogP contribution >= 0.6 is 0 Å². The van der Waals surface area contributed by atoms with Crippen molar-refractivity contribution in [3.05, 3.63) is 35.4 Å². The van der Waals surface area contributed by atoms with Crippen molar-refractivity contribution in [1.29, 1.82) is 5.26 Å². The van der Waals surface area contributed by atoms with E-state index in [0.717, 1.165) is 13.0 Å². The molecule has 0 atom stereocenters. The van der Waals surface area contributed by atoms with Crippen LogP contribution in [0.3, 0.4) is 0 Å². The summed E-state index contributed by atoms with van der Waals surface area (Å²) < 4.78 is 0. The highest BCUT2D eigenvalue weighted by molar-refractivity contribution is 5.23. The van der Waals surface area contributed by atoms with Crippen LogP contribution in [0.5, 0.6) is 0 Å². The van der Waals surface area contributed by atoms with Crippen LogP contribution in [0.4, 0.5) is 0 Å². The molecule has 0 radical (unpaired) electrons. The van der Waals surface area contributed by atoms with Gasteiger partial charge in [0.05, 0.1) is 6.07 Å². The molecule has 0 aliphatic rings. The van der Waals surface area contributed by atoms with Crippen molar-refractivity contribution in [2.24, 2.45) is 5.92 Å². The van der Waals surface area contributed by atoms with Gasteiger partial charge in [-0.3, -0.25) is 4.90 Å². The molecular weight excluding hydrogens is 220 g/mol. The first-order valence-electron chi connectivity index (χ1n) is 6.55. The maximum Gasteiger partial charge on any atom is 0.103 e. The highest BCUT2D eigenvalue weighted by Gasteiger charge is 2.22. The molecule has 0 aliphatic heterocycles. The summed E-state index contributed by atoms with van der Waals surface area (Å²) >= 11 is 0. The minimum absolute atomic E-state index is 0.420. The van der Waals surface area contributed by atoms with E-state index < -0.39 is 5.54 Å². The largest absolute Gasteiger partial charge is 0.285 e. The van der Waals surface area contributed by atoms with Crippen LogP contribution in [0.1, 0.15) is 38.8 Å². The third-order valence-corrected chi connectivity index (χ3v) is 3.31. The second-order valence-corrected chi connectivity index (χ2v) is 5.94. The summed E-state index contributed by atoms with van der Waals surface area (Å²) in [5.74, 6) is 0.691. The molecule has 0 bridgehead atoms. The molecule has 2 nitrogen and oxygen atoms in total. The SMILES string of the molecule is CC(C)Cc1ccc(CN(C)C(C)(C)C#N)cc1. The normalized spacial score (nSPS) is 11.9. The molecule has 1 rings (SSSR count). The van der Waals surface area contributed by atoms with Crippen molar-refractivity contribution in [2.45, 2.75) is 46.2 Å². The Labute approximate surface area is 111 Å². The smallest absolute Gasteiger partial charge is 0.103 e. The minimum Gasteiger partial charge on any atom is -0.285 e. The lowest BCUT2D eigenvalue weighted by atomic mass is 10.0. The molecule has 0 aromatic heterocycles. The second kappa shape index (κ2) is 6.02. The van der Waals surface area contributed by atoms with Crippen molar-refractivity contribution in [1.82, 2.24) is 4.90 Å². The maximum atomic E-state index is 9.09. The Bertz CT molecular complexity index is 410. The average Bonchev–Trinajstić information content (AvgIpc) is 2.31. The summed E-state index contributed by atoms with van der Waals surface area (Å²) in [4.78, 5) is 2.07. The lowest BCUT2D eigenvalue weighted by Gasteiger charge is -2.29. The predicted molar refractivity (Wildman–Crippen MR) is 76.1 cm³/mol. The van der Waals surface area contributed by atoms with Crippen LogP contribution in [-0.2, 0) is 13.0 Å². The molecule has 0 amide bonds. The third kappa shape index (κ3) is 4.16. The van der Waals surface area contributed by atoms with E-state index in [4.69, 9.17) is 5.26 Å². The Morgan fingerprint density at radius 1 is 1.17 bits per heavy atom. The molecule has 0 saturated carbocycles. The van der Waals surface area contributed by atoms with Crippen molar-refractivity contribution in [3.63, 3.8) is 0 Å². The van der Waals surface area contributed by atoms with Gasteiger partial charge in [0.1, 0.15) is 5.54 Å². The predicted octanol–water partition coefficient (Wildman–Crippen LogP) is 3.62. The van der Waals surface area contributed by atoms with Gasteiger partial charge in [-0.2, -0.15) is 5.26 Å². The van der Waals surface area contributed by atoms with Crippen LogP contribution in [0.15, 0.2) is 24.3 Å². The van der Waals surface area contributed by atoms with Crippen LogP contribution in [0.2, 0.25) is 0 Å². The molecule has 98 valence electrons. The zero-order valence-electron chi connectivity index (χ0n) is 12.2. The number of benzene rings is 1. The van der Waals surface area contributed by atoms with E-state index in [1.807, 2.05) is 20.9 Å². The Balaban J connectivity index is 2.67. The molecule has 0 N–H and O–H groups in total. The van der Waals surface area contributed by atoms with Gasteiger partial charge in [-0.1, -0.05) is 38.1 Å². The van der Waals surface area contributed by atoms with Gasteiger partial charge in [0.15, 0.2) is 0 Å². The fraction of sp³-hybridized carbons (Fsp3) is 0.562. The zero-order chi connectivity index (χ0) is 13.8. The first kappa shape index (κ1) is 14.7. The summed E-state index contributed by atoms with van der Waals surface area (Å²) in [5, 5.41) is 9.09. The van der Waals surface area contributed by atoms with E-state index in [-0.39, 0.29) is 0 Å². The monoisotopic (exact) mass is 244 g/mol. The topological polar surface area (TPSA) is 27.0 Å². The first-order chi connectivity index (χ1) is 8.35. The van der Waals surface area contributed by atoms with Crippen molar-refractivity contribution < 1.29 is 0 Å². The first-order valence-corrected chi connectivity index (χ1v) is 6.55. The van der Waals surface area contributed by atoms with E-state index >= 15 is 0 Å². The van der Waals surface area contributed by atoms with Gasteiger partial charge in [0.2, 0.25) is 0 Å². The molecule has 0 unspecified atom stereocenters. The summed E-state index contributed by atoms with van der Waals surface area (Å²) in [5.41, 5.74) is 2.22. The Morgan fingerprint density at radius 2 is 1.67 bits per heavy atom. The van der Waals surface area contributed by atoms with Crippen LogP contribution < -0.4 is 0 Å². The molecule has 0 saturated heterocycles. The fourth-order valence-electron chi connectivity index (χ4n) is 1.81. The van der Waals surface area contributed by atoms with Crippen LogP contribution in [-0.4, -0.2) is 17.5 Å². The van der Waals surface area contributed by atoms with E-state index in [1.54, 1.807) is 0 Å². The van der Waals surface area contributed by atoms with Gasteiger partial charge in [0, 0.05) is 6.54 Å². The average molecular weight is 244 g/mol. The van der Waals surface area contributed by atoms with Gasteiger partial charge in [0.25, 0.3) is 0 Å². The molecular formula is C16H24N2. The quantitative estimate of drug-likeness (QED) is 0.791. The van der Waals surface area contributed by atoms with E-state index in [0.29, 0.717) is 5.92 Å². The van der Waals surface area contributed by atoms with E-state index in [1.165, 1.54) is 11.1 Å². The minimum atomic E-state index is -0.420. The standard InChI is InChI=1S/C16H24N2/c1-13(2)10-14-6-8-15(9-7-14)11-18(5)16(3,4)12-17/h6-9,13H,10-11H2,1-5H3. The molecule has 0 spiro atoms. The molecule has 1 aromatic rings. The highest BCUT2D eigenvalue weighted by atomic mass is 15.2. The van der Waals surface area contributed by atoms with Gasteiger partial charge >= 0.3 is 0 Å². The highest BCUT2D eigenvalue weighted by Crippen LogP contribution is 2.16. The molecule has 0 fully saturated rings.